The molecule has 2 aromatic rings. The number of halogens is 3. The fourth-order valence-electron chi connectivity index (χ4n) is 1.77. The quantitative estimate of drug-likeness (QED) is 0.850. The predicted molar refractivity (Wildman–Crippen MR) is 64.7 cm³/mol. The van der Waals surface area contributed by atoms with E-state index in [2.05, 4.69) is 15.4 Å². The second-order valence-corrected chi connectivity index (χ2v) is 4.45. The molecule has 2 heterocycles. The minimum absolute atomic E-state index is 0.0834. The molecule has 0 atom stereocenters. The van der Waals surface area contributed by atoms with Gasteiger partial charge in [-0.3, -0.25) is 0 Å². The maximum Gasteiger partial charge on any atom is 0.389 e. The van der Waals surface area contributed by atoms with Crippen LogP contribution in [0.25, 0.3) is 5.65 Å². The molecule has 4 nitrogen and oxygen atoms in total. The standard InChI is InChI=1S/C12H15F3N4/c1-9-5-11-17-7-10(8-19(11)18-9)6-16-4-2-3-12(13,14)15/h5,7-8,16H,2-4,6H2,1H3. The zero-order valence-corrected chi connectivity index (χ0v) is 10.5. The number of aromatic nitrogens is 3. The largest absolute Gasteiger partial charge is 0.389 e. The lowest BCUT2D eigenvalue weighted by Gasteiger charge is -2.07. The molecule has 0 bridgehead atoms. The number of rotatable bonds is 5. The van der Waals surface area contributed by atoms with Crippen LogP contribution in [0, 0.1) is 6.92 Å². The van der Waals surface area contributed by atoms with Gasteiger partial charge >= 0.3 is 6.18 Å². The molecule has 2 rings (SSSR count). The normalized spacial score (nSPS) is 12.2. The lowest BCUT2D eigenvalue weighted by Crippen LogP contribution is -2.18. The number of hydrogen-bond donors (Lipinski definition) is 1. The van der Waals surface area contributed by atoms with Gasteiger partial charge in [-0.15, -0.1) is 0 Å². The molecule has 0 aliphatic rings. The van der Waals surface area contributed by atoms with E-state index < -0.39 is 12.6 Å². The minimum atomic E-state index is -4.07. The van der Waals surface area contributed by atoms with Gasteiger partial charge in [0.2, 0.25) is 0 Å². The van der Waals surface area contributed by atoms with E-state index >= 15 is 0 Å². The second-order valence-electron chi connectivity index (χ2n) is 4.45. The lowest BCUT2D eigenvalue weighted by atomic mass is 10.3. The van der Waals surface area contributed by atoms with Crippen LogP contribution in [0.4, 0.5) is 13.2 Å². The fraction of sp³-hybridized carbons (Fsp3) is 0.500. The maximum absolute atomic E-state index is 11.9. The van der Waals surface area contributed by atoms with E-state index in [1.54, 1.807) is 10.7 Å². The van der Waals surface area contributed by atoms with E-state index in [4.69, 9.17) is 0 Å². The first-order chi connectivity index (χ1) is 8.94. The van der Waals surface area contributed by atoms with Gasteiger partial charge in [0, 0.05) is 37.0 Å². The van der Waals surface area contributed by atoms with Crippen LogP contribution in [-0.4, -0.2) is 27.3 Å². The number of aryl methyl sites for hydroxylation is 1. The van der Waals surface area contributed by atoms with Crippen molar-refractivity contribution in [2.75, 3.05) is 6.54 Å². The number of nitrogens with zero attached hydrogens (tertiary/aromatic N) is 3. The van der Waals surface area contributed by atoms with Crippen molar-refractivity contribution in [3.63, 3.8) is 0 Å². The Labute approximate surface area is 108 Å². The van der Waals surface area contributed by atoms with Gasteiger partial charge in [-0.25, -0.2) is 9.50 Å². The summed E-state index contributed by atoms with van der Waals surface area (Å²) in [6, 6.07) is 1.86. The fourth-order valence-corrected chi connectivity index (χ4v) is 1.77. The molecule has 1 N–H and O–H groups in total. The molecule has 0 aliphatic carbocycles. The van der Waals surface area contributed by atoms with Gasteiger partial charge < -0.3 is 5.32 Å². The Morgan fingerprint density at radius 1 is 1.37 bits per heavy atom. The molecule has 0 radical (unpaired) electrons. The summed E-state index contributed by atoms with van der Waals surface area (Å²) in [5.74, 6) is 0. The molecule has 0 spiro atoms. The zero-order valence-electron chi connectivity index (χ0n) is 10.5. The van der Waals surface area contributed by atoms with E-state index in [9.17, 15) is 13.2 Å². The monoisotopic (exact) mass is 272 g/mol. The molecule has 2 aromatic heterocycles. The summed E-state index contributed by atoms with van der Waals surface area (Å²) in [7, 11) is 0. The van der Waals surface area contributed by atoms with Gasteiger partial charge in [-0.1, -0.05) is 0 Å². The third kappa shape index (κ3) is 4.20. The lowest BCUT2D eigenvalue weighted by molar-refractivity contribution is -0.135. The Balaban J connectivity index is 1.81. The third-order valence-electron chi connectivity index (χ3n) is 2.63. The second kappa shape index (κ2) is 5.56. The summed E-state index contributed by atoms with van der Waals surface area (Å²) in [5, 5.41) is 7.19. The summed E-state index contributed by atoms with van der Waals surface area (Å²) in [4.78, 5) is 4.22. The van der Waals surface area contributed by atoms with Crippen molar-refractivity contribution in [3.8, 4) is 0 Å². The molecule has 7 heteroatoms. The van der Waals surface area contributed by atoms with Crippen molar-refractivity contribution in [3.05, 3.63) is 29.7 Å². The summed E-state index contributed by atoms with van der Waals surface area (Å²) >= 11 is 0. The van der Waals surface area contributed by atoms with E-state index in [0.717, 1.165) is 16.9 Å². The Kier molecular flexibility index (Phi) is 4.04. The third-order valence-corrected chi connectivity index (χ3v) is 2.63. The van der Waals surface area contributed by atoms with Crippen LogP contribution in [0.3, 0.4) is 0 Å². The highest BCUT2D eigenvalue weighted by Crippen LogP contribution is 2.20. The zero-order chi connectivity index (χ0) is 13.9. The average molecular weight is 272 g/mol. The Bertz CT molecular complexity index is 547. The molecule has 0 aromatic carbocycles. The number of nitrogens with one attached hydrogen (secondary N) is 1. The Hall–Kier alpha value is -1.63. The predicted octanol–water partition coefficient (Wildman–Crippen LogP) is 2.47. The van der Waals surface area contributed by atoms with Crippen LogP contribution in [0.15, 0.2) is 18.5 Å². The molecule has 0 amide bonds. The van der Waals surface area contributed by atoms with Crippen molar-refractivity contribution >= 4 is 5.65 Å². The van der Waals surface area contributed by atoms with E-state index in [1.807, 2.05) is 19.2 Å². The number of fused-ring (bicyclic) bond motifs is 1. The smallest absolute Gasteiger partial charge is 0.313 e. The molecule has 0 fully saturated rings. The molecular weight excluding hydrogens is 257 g/mol. The highest BCUT2D eigenvalue weighted by atomic mass is 19.4. The average Bonchev–Trinajstić information content (AvgIpc) is 2.66. The minimum Gasteiger partial charge on any atom is -0.313 e. The summed E-state index contributed by atoms with van der Waals surface area (Å²) in [5.41, 5.74) is 2.53. The van der Waals surface area contributed by atoms with E-state index in [0.29, 0.717) is 13.1 Å². The van der Waals surface area contributed by atoms with Crippen LogP contribution < -0.4 is 5.32 Å². The van der Waals surface area contributed by atoms with E-state index in [-0.39, 0.29) is 6.42 Å². The van der Waals surface area contributed by atoms with E-state index in [1.165, 1.54) is 0 Å². The highest BCUT2D eigenvalue weighted by Gasteiger charge is 2.25. The molecule has 0 saturated carbocycles. The van der Waals surface area contributed by atoms with Crippen molar-refractivity contribution in [2.45, 2.75) is 32.5 Å². The number of alkyl halides is 3. The Morgan fingerprint density at radius 2 is 2.16 bits per heavy atom. The molecule has 0 saturated heterocycles. The first-order valence-electron chi connectivity index (χ1n) is 6.02. The van der Waals surface area contributed by atoms with Crippen molar-refractivity contribution < 1.29 is 13.2 Å². The maximum atomic E-state index is 11.9. The van der Waals surface area contributed by atoms with Crippen molar-refractivity contribution in [1.29, 1.82) is 0 Å². The molecule has 104 valence electrons. The molecule has 0 unspecified atom stereocenters. The first kappa shape index (κ1) is 13.8. The highest BCUT2D eigenvalue weighted by molar-refractivity contribution is 5.38. The summed E-state index contributed by atoms with van der Waals surface area (Å²) in [6.07, 6.45) is -1.22. The van der Waals surface area contributed by atoms with Gasteiger partial charge in [0.15, 0.2) is 5.65 Å². The van der Waals surface area contributed by atoms with Crippen LogP contribution in [0.1, 0.15) is 24.1 Å². The van der Waals surface area contributed by atoms with Crippen molar-refractivity contribution in [1.82, 2.24) is 19.9 Å². The van der Waals surface area contributed by atoms with Gasteiger partial charge in [0.25, 0.3) is 0 Å². The molecular formula is C12H15F3N4. The van der Waals surface area contributed by atoms with Gasteiger partial charge in [0.1, 0.15) is 0 Å². The Morgan fingerprint density at radius 3 is 2.89 bits per heavy atom. The summed E-state index contributed by atoms with van der Waals surface area (Å²) in [6.45, 7) is 2.69. The van der Waals surface area contributed by atoms with Gasteiger partial charge in [-0.2, -0.15) is 18.3 Å². The molecule has 0 aliphatic heterocycles. The number of hydrogen-bond acceptors (Lipinski definition) is 3. The van der Waals surface area contributed by atoms with Crippen LogP contribution in [0.2, 0.25) is 0 Å². The topological polar surface area (TPSA) is 42.2 Å². The first-order valence-corrected chi connectivity index (χ1v) is 6.02. The molecule has 19 heavy (non-hydrogen) atoms. The van der Waals surface area contributed by atoms with Gasteiger partial charge in [0.05, 0.1) is 5.69 Å². The summed E-state index contributed by atoms with van der Waals surface area (Å²) < 4.78 is 37.5. The SMILES string of the molecule is Cc1cc2ncc(CNCCCC(F)(F)F)cn2n1. The van der Waals surface area contributed by atoms with Crippen LogP contribution >= 0.6 is 0 Å². The van der Waals surface area contributed by atoms with Crippen LogP contribution in [0.5, 0.6) is 0 Å². The van der Waals surface area contributed by atoms with Crippen LogP contribution in [-0.2, 0) is 6.54 Å². The van der Waals surface area contributed by atoms with Crippen molar-refractivity contribution in [2.24, 2.45) is 0 Å². The van der Waals surface area contributed by atoms with Gasteiger partial charge in [-0.05, 0) is 19.9 Å².